The van der Waals surface area contributed by atoms with Crippen molar-refractivity contribution in [2.24, 2.45) is 0 Å². The number of hydrogen-bond donors (Lipinski definition) is 2. The Morgan fingerprint density at radius 3 is 2.52 bits per heavy atom. The van der Waals surface area contributed by atoms with Crippen LogP contribution in [0.4, 0.5) is 16.5 Å². The molecule has 0 saturated carbocycles. The first-order chi connectivity index (χ1) is 14.9. The van der Waals surface area contributed by atoms with Gasteiger partial charge in [-0.05, 0) is 24.3 Å². The average Bonchev–Trinajstić information content (AvgIpc) is 3.21. The molecular weight excluding hydrogens is 432 g/mol. The van der Waals surface area contributed by atoms with Gasteiger partial charge in [-0.15, -0.1) is 11.3 Å². The Morgan fingerprint density at radius 2 is 1.74 bits per heavy atom. The van der Waals surface area contributed by atoms with Gasteiger partial charge in [0.25, 0.3) is 10.0 Å². The molecule has 0 saturated heterocycles. The first kappa shape index (κ1) is 20.8. The molecule has 4 rings (SSSR count). The molecule has 0 unspecified atom stereocenters. The standard InChI is InChI=1S/C22H20N4O3S2/c1-26(2)20-10-4-9-18-17(20)8-5-11-21(18)31(28,29)25-16-7-3-6-15(12-16)19-13-30-22(24-19)23-14-27/h3-14,25H,1-2H3,(H,23,24,27). The summed E-state index contributed by atoms with van der Waals surface area (Å²) in [5.41, 5.74) is 2.76. The molecule has 0 aliphatic rings. The molecule has 3 aromatic carbocycles. The summed E-state index contributed by atoms with van der Waals surface area (Å²) in [4.78, 5) is 17.1. The minimum absolute atomic E-state index is 0.213. The van der Waals surface area contributed by atoms with Gasteiger partial charge in [-0.25, -0.2) is 13.4 Å². The van der Waals surface area contributed by atoms with Crippen LogP contribution in [0.2, 0.25) is 0 Å². The minimum atomic E-state index is -3.83. The number of carbonyl (C=O) groups is 1. The second-order valence-electron chi connectivity index (χ2n) is 7.01. The number of thiazole rings is 1. The molecule has 0 fully saturated rings. The van der Waals surface area contributed by atoms with Crippen LogP contribution in [0.25, 0.3) is 22.0 Å². The highest BCUT2D eigenvalue weighted by Gasteiger charge is 2.19. The molecule has 0 radical (unpaired) electrons. The molecule has 1 amide bonds. The fourth-order valence-electron chi connectivity index (χ4n) is 3.36. The molecule has 0 aliphatic carbocycles. The first-order valence-electron chi connectivity index (χ1n) is 9.37. The van der Waals surface area contributed by atoms with Gasteiger partial charge in [0.1, 0.15) is 0 Å². The third-order valence-electron chi connectivity index (χ3n) is 4.73. The Bertz CT molecular complexity index is 1360. The van der Waals surface area contributed by atoms with Crippen LogP contribution in [0.1, 0.15) is 0 Å². The van der Waals surface area contributed by atoms with Crippen LogP contribution < -0.4 is 14.9 Å². The number of carbonyl (C=O) groups excluding carboxylic acids is 1. The molecule has 0 aliphatic heterocycles. The third-order valence-corrected chi connectivity index (χ3v) is 6.94. The summed E-state index contributed by atoms with van der Waals surface area (Å²) in [6.45, 7) is 0. The van der Waals surface area contributed by atoms with Gasteiger partial charge >= 0.3 is 0 Å². The molecule has 2 N–H and O–H groups in total. The lowest BCUT2D eigenvalue weighted by atomic mass is 10.1. The van der Waals surface area contributed by atoms with E-state index in [0.717, 1.165) is 16.6 Å². The van der Waals surface area contributed by atoms with E-state index in [0.29, 0.717) is 28.3 Å². The fourth-order valence-corrected chi connectivity index (χ4v) is 5.32. The van der Waals surface area contributed by atoms with E-state index in [2.05, 4.69) is 15.0 Å². The highest BCUT2D eigenvalue weighted by atomic mass is 32.2. The highest BCUT2D eigenvalue weighted by molar-refractivity contribution is 7.93. The van der Waals surface area contributed by atoms with Gasteiger partial charge in [0.15, 0.2) is 5.13 Å². The smallest absolute Gasteiger partial charge is 0.262 e. The number of rotatable bonds is 7. The van der Waals surface area contributed by atoms with Crippen LogP contribution >= 0.6 is 11.3 Å². The van der Waals surface area contributed by atoms with Crippen molar-refractivity contribution in [3.8, 4) is 11.3 Å². The topological polar surface area (TPSA) is 91.4 Å². The van der Waals surface area contributed by atoms with Gasteiger partial charge in [-0.1, -0.05) is 36.4 Å². The molecule has 1 heterocycles. The normalized spacial score (nSPS) is 11.3. The van der Waals surface area contributed by atoms with Crippen molar-refractivity contribution in [3.05, 3.63) is 66.0 Å². The Morgan fingerprint density at radius 1 is 1.00 bits per heavy atom. The molecule has 0 atom stereocenters. The van der Waals surface area contributed by atoms with Crippen molar-refractivity contribution in [3.63, 3.8) is 0 Å². The maximum atomic E-state index is 13.2. The molecule has 9 heteroatoms. The predicted molar refractivity (Wildman–Crippen MR) is 126 cm³/mol. The van der Waals surface area contributed by atoms with Gasteiger partial charge in [0.05, 0.1) is 10.6 Å². The third kappa shape index (κ3) is 4.23. The first-order valence-corrected chi connectivity index (χ1v) is 11.7. The van der Waals surface area contributed by atoms with Crippen LogP contribution in [0.15, 0.2) is 70.9 Å². The van der Waals surface area contributed by atoms with Crippen molar-refractivity contribution in [1.29, 1.82) is 0 Å². The van der Waals surface area contributed by atoms with E-state index < -0.39 is 10.0 Å². The summed E-state index contributed by atoms with van der Waals surface area (Å²) in [6.07, 6.45) is 0.569. The maximum Gasteiger partial charge on any atom is 0.262 e. The lowest BCUT2D eigenvalue weighted by Gasteiger charge is -2.17. The number of fused-ring (bicyclic) bond motifs is 1. The van der Waals surface area contributed by atoms with E-state index in [4.69, 9.17) is 0 Å². The zero-order chi connectivity index (χ0) is 22.0. The number of nitrogens with zero attached hydrogens (tertiary/aromatic N) is 2. The summed E-state index contributed by atoms with van der Waals surface area (Å²) in [7, 11) is 0.0199. The quantitative estimate of drug-likeness (QED) is 0.406. The van der Waals surface area contributed by atoms with Crippen molar-refractivity contribution in [1.82, 2.24) is 4.98 Å². The van der Waals surface area contributed by atoms with Crippen LogP contribution in [0.3, 0.4) is 0 Å². The van der Waals surface area contributed by atoms with E-state index in [9.17, 15) is 13.2 Å². The maximum absolute atomic E-state index is 13.2. The van der Waals surface area contributed by atoms with Crippen LogP contribution in [0, 0.1) is 0 Å². The molecule has 1 aromatic heterocycles. The molecular formula is C22H20N4O3S2. The van der Waals surface area contributed by atoms with Gasteiger partial charge in [0.2, 0.25) is 6.41 Å². The molecule has 0 bridgehead atoms. The minimum Gasteiger partial charge on any atom is -0.377 e. The summed E-state index contributed by atoms with van der Waals surface area (Å²) >= 11 is 1.29. The van der Waals surface area contributed by atoms with Crippen molar-refractivity contribution in [2.75, 3.05) is 29.0 Å². The SMILES string of the molecule is CN(C)c1cccc2c(S(=O)(=O)Nc3cccc(-c4csc(NC=O)n4)c3)cccc12. The van der Waals surface area contributed by atoms with E-state index >= 15 is 0 Å². The van der Waals surface area contributed by atoms with E-state index in [-0.39, 0.29) is 4.90 Å². The Labute approximate surface area is 184 Å². The summed E-state index contributed by atoms with van der Waals surface area (Å²) in [6, 6.07) is 17.9. The zero-order valence-corrected chi connectivity index (χ0v) is 18.5. The number of nitrogens with one attached hydrogen (secondary N) is 2. The molecule has 31 heavy (non-hydrogen) atoms. The summed E-state index contributed by atoms with van der Waals surface area (Å²) in [5, 5.41) is 6.30. The predicted octanol–water partition coefficient (Wildman–Crippen LogP) is 4.40. The monoisotopic (exact) mass is 452 g/mol. The molecule has 158 valence electrons. The van der Waals surface area contributed by atoms with Crippen molar-refractivity contribution < 1.29 is 13.2 Å². The summed E-state index contributed by atoms with van der Waals surface area (Å²) < 4.78 is 29.2. The van der Waals surface area contributed by atoms with Gasteiger partial charge in [0, 0.05) is 47.2 Å². The van der Waals surface area contributed by atoms with Crippen molar-refractivity contribution in [2.45, 2.75) is 4.90 Å². The Balaban J connectivity index is 1.70. The Hall–Kier alpha value is -3.43. The second kappa shape index (κ2) is 8.37. The number of amides is 1. The molecule has 7 nitrogen and oxygen atoms in total. The number of aromatic nitrogens is 1. The van der Waals surface area contributed by atoms with E-state index in [1.165, 1.54) is 11.3 Å². The second-order valence-corrected chi connectivity index (χ2v) is 9.52. The van der Waals surface area contributed by atoms with Crippen LogP contribution in [-0.2, 0) is 14.8 Å². The lowest BCUT2D eigenvalue weighted by Crippen LogP contribution is -2.14. The van der Waals surface area contributed by atoms with Crippen LogP contribution in [0.5, 0.6) is 0 Å². The number of hydrogen-bond acceptors (Lipinski definition) is 6. The zero-order valence-electron chi connectivity index (χ0n) is 16.9. The Kier molecular flexibility index (Phi) is 5.62. The number of anilines is 3. The van der Waals surface area contributed by atoms with Crippen molar-refractivity contribution >= 4 is 55.0 Å². The largest absolute Gasteiger partial charge is 0.377 e. The molecule has 4 aromatic rings. The fraction of sp³-hybridized carbons (Fsp3) is 0.0909. The summed E-state index contributed by atoms with van der Waals surface area (Å²) in [5.74, 6) is 0. The van der Waals surface area contributed by atoms with Gasteiger partial charge in [-0.3, -0.25) is 9.52 Å². The average molecular weight is 453 g/mol. The van der Waals surface area contributed by atoms with E-state index in [1.54, 1.807) is 35.7 Å². The number of sulfonamides is 1. The number of benzene rings is 3. The van der Waals surface area contributed by atoms with Crippen LogP contribution in [-0.4, -0.2) is 33.9 Å². The highest BCUT2D eigenvalue weighted by Crippen LogP contribution is 2.32. The van der Waals surface area contributed by atoms with Gasteiger partial charge < -0.3 is 10.2 Å². The van der Waals surface area contributed by atoms with E-state index in [1.807, 2.05) is 49.3 Å². The molecule has 0 spiro atoms. The van der Waals surface area contributed by atoms with Gasteiger partial charge in [-0.2, -0.15) is 0 Å². The lowest BCUT2D eigenvalue weighted by molar-refractivity contribution is -0.105.